The summed E-state index contributed by atoms with van der Waals surface area (Å²) in [5.74, 6) is 1.41. The molecule has 3 nitrogen and oxygen atoms in total. The van der Waals surface area contributed by atoms with Gasteiger partial charge in [-0.25, -0.2) is 0 Å². The maximum absolute atomic E-state index is 12.0. The van der Waals surface area contributed by atoms with Gasteiger partial charge in [-0.1, -0.05) is 85.3 Å². The average Bonchev–Trinajstić information content (AvgIpc) is 2.84. The van der Waals surface area contributed by atoms with Gasteiger partial charge in [0, 0.05) is 17.5 Å². The summed E-state index contributed by atoms with van der Waals surface area (Å²) in [5.41, 5.74) is 0.997. The quantitative estimate of drug-likeness (QED) is 0.457. The largest absolute Gasteiger partial charge is 0.493 e. The summed E-state index contributed by atoms with van der Waals surface area (Å²) in [4.78, 5) is 2.50. The van der Waals surface area contributed by atoms with E-state index in [4.69, 9.17) is 16.3 Å². The lowest BCUT2D eigenvalue weighted by Gasteiger charge is -2.42. The SMILES string of the molecule is CC(COc1cccc(Cl)c1)CN1CCC(C(O)(c2ccccc2)c2ccccc2)CC1. The number of nitrogens with zero attached hydrogens (tertiary/aromatic N) is 1. The first-order valence-corrected chi connectivity index (χ1v) is 11.9. The van der Waals surface area contributed by atoms with Gasteiger partial charge in [0.25, 0.3) is 0 Å². The minimum Gasteiger partial charge on any atom is -0.493 e. The normalized spacial score (nSPS) is 16.6. The van der Waals surface area contributed by atoms with Gasteiger partial charge in [-0.3, -0.25) is 0 Å². The number of piperidine rings is 1. The van der Waals surface area contributed by atoms with Crippen LogP contribution >= 0.6 is 11.6 Å². The second-order valence-corrected chi connectivity index (χ2v) is 9.38. The zero-order chi connectivity index (χ0) is 22.4. The van der Waals surface area contributed by atoms with E-state index < -0.39 is 5.60 Å². The fraction of sp³-hybridized carbons (Fsp3) is 0.357. The van der Waals surface area contributed by atoms with Crippen molar-refractivity contribution in [3.63, 3.8) is 0 Å². The number of halogens is 1. The van der Waals surface area contributed by atoms with Gasteiger partial charge in [-0.15, -0.1) is 0 Å². The van der Waals surface area contributed by atoms with E-state index >= 15 is 0 Å². The smallest absolute Gasteiger partial charge is 0.120 e. The van der Waals surface area contributed by atoms with Gasteiger partial charge in [-0.05, 0) is 61.2 Å². The molecule has 1 saturated heterocycles. The molecule has 1 N–H and O–H groups in total. The van der Waals surface area contributed by atoms with Crippen molar-refractivity contribution in [1.82, 2.24) is 4.90 Å². The van der Waals surface area contributed by atoms with Crippen molar-refractivity contribution in [3.05, 3.63) is 101 Å². The lowest BCUT2D eigenvalue weighted by molar-refractivity contribution is -0.0164. The Morgan fingerprint density at radius 1 is 0.938 bits per heavy atom. The topological polar surface area (TPSA) is 32.7 Å². The number of likely N-dealkylation sites (tertiary alicyclic amines) is 1. The Morgan fingerprint density at radius 2 is 1.53 bits per heavy atom. The molecular formula is C28H32ClNO2. The van der Waals surface area contributed by atoms with E-state index in [0.29, 0.717) is 17.5 Å². The number of ether oxygens (including phenoxy) is 1. The van der Waals surface area contributed by atoms with Crippen molar-refractivity contribution in [2.24, 2.45) is 11.8 Å². The average molecular weight is 450 g/mol. The number of benzene rings is 3. The molecule has 0 saturated carbocycles. The van der Waals surface area contributed by atoms with Crippen LogP contribution in [0, 0.1) is 11.8 Å². The molecule has 0 radical (unpaired) electrons. The fourth-order valence-electron chi connectivity index (χ4n) is 4.84. The highest BCUT2D eigenvalue weighted by molar-refractivity contribution is 6.30. The van der Waals surface area contributed by atoms with Crippen molar-refractivity contribution in [3.8, 4) is 5.75 Å². The first kappa shape index (κ1) is 22.8. The van der Waals surface area contributed by atoms with E-state index in [1.54, 1.807) is 0 Å². The molecular weight excluding hydrogens is 418 g/mol. The van der Waals surface area contributed by atoms with Crippen LogP contribution in [0.3, 0.4) is 0 Å². The molecule has 0 aromatic heterocycles. The van der Waals surface area contributed by atoms with Crippen molar-refractivity contribution in [2.75, 3.05) is 26.2 Å². The minimum absolute atomic E-state index is 0.182. The van der Waals surface area contributed by atoms with Crippen LogP contribution in [-0.2, 0) is 5.60 Å². The van der Waals surface area contributed by atoms with Crippen LogP contribution in [0.25, 0.3) is 0 Å². The molecule has 168 valence electrons. The van der Waals surface area contributed by atoms with Crippen LogP contribution in [-0.4, -0.2) is 36.2 Å². The molecule has 1 heterocycles. The monoisotopic (exact) mass is 449 g/mol. The second kappa shape index (κ2) is 10.5. The molecule has 32 heavy (non-hydrogen) atoms. The van der Waals surface area contributed by atoms with Crippen LogP contribution in [0.5, 0.6) is 5.75 Å². The van der Waals surface area contributed by atoms with E-state index in [0.717, 1.165) is 49.4 Å². The molecule has 0 spiro atoms. The van der Waals surface area contributed by atoms with Crippen molar-refractivity contribution < 1.29 is 9.84 Å². The molecule has 4 heteroatoms. The lowest BCUT2D eigenvalue weighted by atomic mass is 9.72. The van der Waals surface area contributed by atoms with Crippen molar-refractivity contribution >= 4 is 11.6 Å². The Bertz CT molecular complexity index is 931. The second-order valence-electron chi connectivity index (χ2n) is 8.95. The van der Waals surface area contributed by atoms with Crippen LogP contribution in [0.4, 0.5) is 0 Å². The predicted octanol–water partition coefficient (Wildman–Crippen LogP) is 6.00. The summed E-state index contributed by atoms with van der Waals surface area (Å²) in [5, 5.41) is 12.7. The molecule has 0 aliphatic carbocycles. The van der Waals surface area contributed by atoms with Crippen LogP contribution in [0.15, 0.2) is 84.9 Å². The third-order valence-corrected chi connectivity index (χ3v) is 6.74. The number of aliphatic hydroxyl groups is 1. The summed E-state index contributed by atoms with van der Waals surface area (Å²) >= 11 is 6.05. The summed E-state index contributed by atoms with van der Waals surface area (Å²) < 4.78 is 5.93. The highest BCUT2D eigenvalue weighted by Gasteiger charge is 2.41. The van der Waals surface area contributed by atoms with Gasteiger partial charge in [0.15, 0.2) is 0 Å². The third kappa shape index (κ3) is 5.35. The maximum Gasteiger partial charge on any atom is 0.120 e. The van der Waals surface area contributed by atoms with Gasteiger partial charge < -0.3 is 14.7 Å². The van der Waals surface area contributed by atoms with Crippen molar-refractivity contribution in [2.45, 2.75) is 25.4 Å². The molecule has 1 fully saturated rings. The number of hydrogen-bond donors (Lipinski definition) is 1. The molecule has 1 aliphatic heterocycles. The predicted molar refractivity (Wildman–Crippen MR) is 131 cm³/mol. The standard InChI is InChI=1S/C28H32ClNO2/c1-22(21-32-27-14-8-13-26(29)19-27)20-30-17-15-25(16-18-30)28(31,23-9-4-2-5-10-23)24-11-6-3-7-12-24/h2-14,19,22,25,31H,15-18,20-21H2,1H3. The molecule has 1 atom stereocenters. The summed E-state index contributed by atoms with van der Waals surface area (Å²) in [6.07, 6.45) is 1.92. The van der Waals surface area contributed by atoms with Gasteiger partial charge >= 0.3 is 0 Å². The highest BCUT2D eigenvalue weighted by Crippen LogP contribution is 2.41. The Morgan fingerprint density at radius 3 is 2.09 bits per heavy atom. The summed E-state index contributed by atoms with van der Waals surface area (Å²) in [6, 6.07) is 27.8. The molecule has 1 unspecified atom stereocenters. The van der Waals surface area contributed by atoms with Crippen molar-refractivity contribution in [1.29, 1.82) is 0 Å². The highest BCUT2D eigenvalue weighted by atomic mass is 35.5. The first-order chi connectivity index (χ1) is 15.6. The Labute approximate surface area is 196 Å². The maximum atomic E-state index is 12.0. The number of hydrogen-bond acceptors (Lipinski definition) is 3. The van der Waals surface area contributed by atoms with Gasteiger partial charge in [0.05, 0.1) is 6.61 Å². The van der Waals surface area contributed by atoms with E-state index in [-0.39, 0.29) is 5.92 Å². The van der Waals surface area contributed by atoms with E-state index in [1.165, 1.54) is 0 Å². The molecule has 3 aromatic rings. The first-order valence-electron chi connectivity index (χ1n) is 11.5. The Balaban J connectivity index is 1.37. The Hall–Kier alpha value is -2.33. The van der Waals surface area contributed by atoms with E-state index in [2.05, 4.69) is 36.1 Å². The lowest BCUT2D eigenvalue weighted by Crippen LogP contribution is -2.45. The minimum atomic E-state index is -0.962. The van der Waals surface area contributed by atoms with Gasteiger partial charge in [0.1, 0.15) is 11.4 Å². The number of rotatable bonds is 8. The molecule has 3 aromatic carbocycles. The van der Waals surface area contributed by atoms with Gasteiger partial charge in [0.2, 0.25) is 0 Å². The molecule has 4 rings (SSSR count). The zero-order valence-corrected chi connectivity index (χ0v) is 19.4. The Kier molecular flexibility index (Phi) is 7.51. The summed E-state index contributed by atoms with van der Waals surface area (Å²) in [7, 11) is 0. The molecule has 0 amide bonds. The molecule has 0 bridgehead atoms. The van der Waals surface area contributed by atoms with E-state index in [9.17, 15) is 5.11 Å². The zero-order valence-electron chi connectivity index (χ0n) is 18.7. The third-order valence-electron chi connectivity index (χ3n) is 6.51. The van der Waals surface area contributed by atoms with E-state index in [1.807, 2.05) is 60.7 Å². The molecule has 1 aliphatic rings. The van der Waals surface area contributed by atoms with Gasteiger partial charge in [-0.2, -0.15) is 0 Å². The van der Waals surface area contributed by atoms with Crippen LogP contribution in [0.1, 0.15) is 30.9 Å². The summed E-state index contributed by atoms with van der Waals surface area (Å²) in [6.45, 7) is 5.84. The van der Waals surface area contributed by atoms with Crippen LogP contribution in [0.2, 0.25) is 5.02 Å². The van der Waals surface area contributed by atoms with Crippen LogP contribution < -0.4 is 4.74 Å². The fourth-order valence-corrected chi connectivity index (χ4v) is 5.02.